The Bertz CT molecular complexity index is 479. The number of anilines is 1. The Morgan fingerprint density at radius 2 is 2.00 bits per heavy atom. The van der Waals surface area contributed by atoms with Gasteiger partial charge in [0, 0.05) is 0 Å². The van der Waals surface area contributed by atoms with Gasteiger partial charge in [0.05, 0.1) is 0 Å². The molecule has 1 amide bonds. The van der Waals surface area contributed by atoms with E-state index in [1.54, 1.807) is 12.1 Å². The molecule has 2 rings (SSSR count). The van der Waals surface area contributed by atoms with E-state index in [-0.39, 0.29) is 0 Å². The van der Waals surface area contributed by atoms with Crippen LogP contribution in [0.1, 0.15) is 5.56 Å². The molecule has 2 aromatic rings. The second-order valence-corrected chi connectivity index (χ2v) is 4.18. The lowest BCUT2D eigenvalue weighted by Crippen LogP contribution is -2.16. The first-order valence-corrected chi connectivity index (χ1v) is 5.71. The molecular weight excluding hydrogens is 222 g/mol. The fraction of sp³-hybridized carbons (Fsp3) is 0.0833. The number of hydrogen-bond acceptors (Lipinski definition) is 3. The van der Waals surface area contributed by atoms with Crippen molar-refractivity contribution in [3.8, 4) is 5.75 Å². The third-order valence-corrected chi connectivity index (χ3v) is 2.96. The summed E-state index contributed by atoms with van der Waals surface area (Å²) in [5, 5.41) is 5.44. The van der Waals surface area contributed by atoms with Crippen LogP contribution in [-0.2, 0) is 0 Å². The van der Waals surface area contributed by atoms with Crippen molar-refractivity contribution in [1.29, 1.82) is 0 Å². The smallest absolute Gasteiger partial charge is 0.410 e. The number of carbonyl (C=O) groups excluding carboxylic acids is 1. The molecule has 0 bridgehead atoms. The second kappa shape index (κ2) is 4.81. The molecule has 1 heterocycles. The minimum Gasteiger partial charge on any atom is -0.410 e. The molecule has 0 saturated carbocycles. The fourth-order valence-corrected chi connectivity index (χ4v) is 2.02. The van der Waals surface area contributed by atoms with Gasteiger partial charge in [-0.1, -0.05) is 18.2 Å². The number of thiophene rings is 1. The number of hydrogen-bond donors (Lipinski definition) is 1. The van der Waals surface area contributed by atoms with Crippen LogP contribution in [-0.4, -0.2) is 6.09 Å². The van der Waals surface area contributed by atoms with Gasteiger partial charge in [-0.15, -0.1) is 11.3 Å². The molecule has 1 aromatic heterocycles. The molecule has 0 aliphatic carbocycles. The lowest BCUT2D eigenvalue weighted by Gasteiger charge is -2.05. The van der Waals surface area contributed by atoms with Gasteiger partial charge in [-0.05, 0) is 36.1 Å². The summed E-state index contributed by atoms with van der Waals surface area (Å²) in [5.41, 5.74) is 1.04. The third kappa shape index (κ3) is 2.61. The maximum atomic E-state index is 11.5. The molecule has 0 spiro atoms. The summed E-state index contributed by atoms with van der Waals surface area (Å²) in [7, 11) is 0. The number of amides is 1. The van der Waals surface area contributed by atoms with Crippen molar-refractivity contribution < 1.29 is 9.53 Å². The largest absolute Gasteiger partial charge is 0.417 e. The van der Waals surface area contributed by atoms with E-state index in [1.807, 2.05) is 36.6 Å². The van der Waals surface area contributed by atoms with Crippen molar-refractivity contribution >= 4 is 22.4 Å². The molecule has 0 fully saturated rings. The van der Waals surface area contributed by atoms with E-state index in [1.165, 1.54) is 11.3 Å². The van der Waals surface area contributed by atoms with Crippen molar-refractivity contribution in [3.63, 3.8) is 0 Å². The summed E-state index contributed by atoms with van der Waals surface area (Å²) >= 11 is 1.48. The number of aryl methyl sites for hydroxylation is 1. The number of benzene rings is 1. The molecule has 1 N–H and O–H groups in total. The van der Waals surface area contributed by atoms with E-state index in [4.69, 9.17) is 4.74 Å². The summed E-state index contributed by atoms with van der Waals surface area (Å²) in [6.07, 6.45) is -0.461. The Morgan fingerprint density at radius 1 is 1.25 bits per heavy atom. The van der Waals surface area contributed by atoms with Crippen LogP contribution in [0.2, 0.25) is 0 Å². The Labute approximate surface area is 97.7 Å². The Morgan fingerprint density at radius 3 is 2.62 bits per heavy atom. The summed E-state index contributed by atoms with van der Waals surface area (Å²) in [4.78, 5) is 11.5. The van der Waals surface area contributed by atoms with E-state index in [9.17, 15) is 4.79 Å². The zero-order chi connectivity index (χ0) is 11.4. The van der Waals surface area contributed by atoms with Gasteiger partial charge in [-0.25, -0.2) is 4.79 Å². The SMILES string of the molecule is Cc1ccsc1NC(=O)Oc1ccccc1. The van der Waals surface area contributed by atoms with Gasteiger partial charge in [-0.2, -0.15) is 0 Å². The highest BCUT2D eigenvalue weighted by Crippen LogP contribution is 2.22. The van der Waals surface area contributed by atoms with E-state index in [2.05, 4.69) is 5.32 Å². The zero-order valence-electron chi connectivity index (χ0n) is 8.77. The topological polar surface area (TPSA) is 38.3 Å². The number of para-hydroxylation sites is 1. The van der Waals surface area contributed by atoms with Crippen LogP contribution in [0.15, 0.2) is 41.8 Å². The molecule has 0 saturated heterocycles. The molecule has 3 nitrogen and oxygen atoms in total. The van der Waals surface area contributed by atoms with Gasteiger partial charge >= 0.3 is 6.09 Å². The Hall–Kier alpha value is -1.81. The van der Waals surface area contributed by atoms with Crippen molar-refractivity contribution in [2.24, 2.45) is 0 Å². The Balaban J connectivity index is 1.98. The first kappa shape index (κ1) is 10.7. The predicted molar refractivity (Wildman–Crippen MR) is 65.1 cm³/mol. The molecule has 1 aromatic carbocycles. The highest BCUT2D eigenvalue weighted by molar-refractivity contribution is 7.14. The van der Waals surface area contributed by atoms with E-state index in [0.29, 0.717) is 5.75 Å². The van der Waals surface area contributed by atoms with Gasteiger partial charge in [0.2, 0.25) is 0 Å². The summed E-state index contributed by atoms with van der Waals surface area (Å²) in [6, 6.07) is 10.9. The quantitative estimate of drug-likeness (QED) is 0.859. The van der Waals surface area contributed by atoms with Crippen LogP contribution in [0.25, 0.3) is 0 Å². The maximum Gasteiger partial charge on any atom is 0.417 e. The van der Waals surface area contributed by atoms with E-state index >= 15 is 0 Å². The van der Waals surface area contributed by atoms with Gasteiger partial charge in [-0.3, -0.25) is 5.32 Å². The minimum atomic E-state index is -0.461. The lowest BCUT2D eigenvalue weighted by atomic mass is 10.3. The van der Waals surface area contributed by atoms with Crippen LogP contribution in [0.4, 0.5) is 9.80 Å². The molecule has 0 radical (unpaired) electrons. The lowest BCUT2D eigenvalue weighted by molar-refractivity contribution is 0.215. The highest BCUT2D eigenvalue weighted by Gasteiger charge is 2.07. The minimum absolute atomic E-state index is 0.461. The molecule has 0 unspecified atom stereocenters. The molecule has 82 valence electrons. The van der Waals surface area contributed by atoms with Gasteiger partial charge < -0.3 is 4.74 Å². The predicted octanol–water partition coefficient (Wildman–Crippen LogP) is 3.67. The fourth-order valence-electron chi connectivity index (χ4n) is 1.21. The Kier molecular flexibility index (Phi) is 3.22. The van der Waals surface area contributed by atoms with Gasteiger partial charge in [0.1, 0.15) is 10.8 Å². The van der Waals surface area contributed by atoms with Crippen molar-refractivity contribution in [1.82, 2.24) is 0 Å². The molecule has 0 aliphatic heterocycles. The number of ether oxygens (including phenoxy) is 1. The van der Waals surface area contributed by atoms with Crippen LogP contribution in [0.5, 0.6) is 5.75 Å². The molecule has 0 aliphatic rings. The summed E-state index contributed by atoms with van der Waals surface area (Å²) in [5.74, 6) is 0.536. The first-order valence-electron chi connectivity index (χ1n) is 4.83. The zero-order valence-corrected chi connectivity index (χ0v) is 9.58. The van der Waals surface area contributed by atoms with Gasteiger partial charge in [0.15, 0.2) is 0 Å². The third-order valence-electron chi connectivity index (χ3n) is 2.03. The molecular formula is C12H11NO2S. The summed E-state index contributed by atoms with van der Waals surface area (Å²) < 4.78 is 5.10. The van der Waals surface area contributed by atoms with Crippen LogP contribution in [0, 0.1) is 6.92 Å². The average Bonchev–Trinajstić information content (AvgIpc) is 2.66. The van der Waals surface area contributed by atoms with E-state index in [0.717, 1.165) is 10.6 Å². The number of nitrogens with one attached hydrogen (secondary N) is 1. The van der Waals surface area contributed by atoms with Crippen molar-refractivity contribution in [3.05, 3.63) is 47.3 Å². The second-order valence-electron chi connectivity index (χ2n) is 3.26. The normalized spacial score (nSPS) is 9.81. The van der Waals surface area contributed by atoms with Crippen molar-refractivity contribution in [2.75, 3.05) is 5.32 Å². The van der Waals surface area contributed by atoms with E-state index < -0.39 is 6.09 Å². The van der Waals surface area contributed by atoms with Crippen LogP contribution in [0.3, 0.4) is 0 Å². The average molecular weight is 233 g/mol. The molecule has 16 heavy (non-hydrogen) atoms. The number of rotatable bonds is 2. The van der Waals surface area contributed by atoms with Gasteiger partial charge in [0.25, 0.3) is 0 Å². The molecule has 0 atom stereocenters. The van der Waals surface area contributed by atoms with Crippen LogP contribution >= 0.6 is 11.3 Å². The van der Waals surface area contributed by atoms with Crippen LogP contribution < -0.4 is 10.1 Å². The first-order chi connectivity index (χ1) is 7.75. The maximum absolute atomic E-state index is 11.5. The molecule has 4 heteroatoms. The highest BCUT2D eigenvalue weighted by atomic mass is 32.1. The van der Waals surface area contributed by atoms with Crippen molar-refractivity contribution in [2.45, 2.75) is 6.92 Å². The summed E-state index contributed by atoms with van der Waals surface area (Å²) in [6.45, 7) is 1.94. The monoisotopic (exact) mass is 233 g/mol. The number of carbonyl (C=O) groups is 1. The standard InChI is InChI=1S/C12H11NO2S/c1-9-7-8-16-11(9)13-12(14)15-10-5-3-2-4-6-10/h2-8H,1H3,(H,13,14).